The van der Waals surface area contributed by atoms with E-state index in [1.807, 2.05) is 0 Å². The third-order valence-corrected chi connectivity index (χ3v) is 8.15. The van der Waals surface area contributed by atoms with Crippen molar-refractivity contribution in [2.75, 3.05) is 32.8 Å². The van der Waals surface area contributed by atoms with Gasteiger partial charge in [-0.3, -0.25) is 9.69 Å². The van der Waals surface area contributed by atoms with Gasteiger partial charge >= 0.3 is 5.97 Å². The predicted molar refractivity (Wildman–Crippen MR) is 114 cm³/mol. The van der Waals surface area contributed by atoms with Crippen molar-refractivity contribution in [3.63, 3.8) is 0 Å². The van der Waals surface area contributed by atoms with Crippen LogP contribution in [0, 0.1) is 23.7 Å². The summed E-state index contributed by atoms with van der Waals surface area (Å²) in [6.07, 6.45) is 3.14. The lowest BCUT2D eigenvalue weighted by molar-refractivity contribution is -0.165. The normalized spacial score (nSPS) is 34.0. The molecule has 4 heterocycles. The molecule has 0 unspecified atom stereocenters. The number of nitrogens with one attached hydrogen (secondary N) is 2. The molecule has 1 aromatic carbocycles. The average Bonchev–Trinajstić information content (AvgIpc) is 3.10. The second kappa shape index (κ2) is 7.36. The fourth-order valence-electron chi connectivity index (χ4n) is 6.43. The summed E-state index contributed by atoms with van der Waals surface area (Å²) in [5.41, 5.74) is 3.98. The molecule has 0 spiro atoms. The van der Waals surface area contributed by atoms with Crippen LogP contribution in [0.2, 0.25) is 0 Å². The number of piperidine rings is 1. The largest absolute Gasteiger partial charge is 0.465 e. The highest BCUT2D eigenvalue weighted by Gasteiger charge is 2.49. The lowest BCUT2D eigenvalue weighted by atomic mass is 9.65. The van der Waals surface area contributed by atoms with E-state index in [9.17, 15) is 9.90 Å². The minimum absolute atomic E-state index is 0.176. The maximum atomic E-state index is 13.0. The smallest absolute Gasteiger partial charge is 0.311 e. The molecule has 1 saturated carbocycles. The van der Waals surface area contributed by atoms with Crippen LogP contribution in [0.1, 0.15) is 36.6 Å². The summed E-state index contributed by atoms with van der Waals surface area (Å²) in [6, 6.07) is 8.87. The molecule has 4 aliphatic rings. The molecule has 1 aromatic heterocycles. The number of H-pyrrole nitrogens is 1. The molecule has 6 heteroatoms. The zero-order chi connectivity index (χ0) is 20.2. The van der Waals surface area contributed by atoms with Gasteiger partial charge in [-0.25, -0.2) is 0 Å². The molecular formula is C24H31N3O3. The van der Waals surface area contributed by atoms with Gasteiger partial charge in [0.25, 0.3) is 0 Å². The number of rotatable bonds is 3. The molecule has 160 valence electrons. The number of nitrogens with zero attached hydrogens (tertiary/aromatic N) is 1. The van der Waals surface area contributed by atoms with E-state index >= 15 is 0 Å². The minimum Gasteiger partial charge on any atom is -0.465 e. The Balaban J connectivity index is 1.27. The first-order chi connectivity index (χ1) is 14.7. The van der Waals surface area contributed by atoms with E-state index < -0.39 is 6.10 Å². The Morgan fingerprint density at radius 2 is 2.10 bits per heavy atom. The highest BCUT2D eigenvalue weighted by molar-refractivity contribution is 5.85. The van der Waals surface area contributed by atoms with Gasteiger partial charge in [0.2, 0.25) is 0 Å². The predicted octanol–water partition coefficient (Wildman–Crippen LogP) is 2.24. The number of aromatic nitrogens is 1. The van der Waals surface area contributed by atoms with Crippen molar-refractivity contribution in [2.24, 2.45) is 23.7 Å². The SMILES string of the molecule is O=C(OCC1CNC1)[C@@H]1[C@H]2C[C@H]3c4[nH]c5ccccc5c4CCN3C[C@@H]2CC[C@@H]1O. The fourth-order valence-corrected chi connectivity index (χ4v) is 6.43. The number of carbonyl (C=O) groups is 1. The van der Waals surface area contributed by atoms with Crippen molar-refractivity contribution in [1.82, 2.24) is 15.2 Å². The number of carbonyl (C=O) groups excluding carboxylic acids is 1. The van der Waals surface area contributed by atoms with Crippen molar-refractivity contribution in [3.8, 4) is 0 Å². The van der Waals surface area contributed by atoms with Gasteiger partial charge in [-0.05, 0) is 49.1 Å². The lowest BCUT2D eigenvalue weighted by Gasteiger charge is -2.51. The Morgan fingerprint density at radius 3 is 2.93 bits per heavy atom. The van der Waals surface area contributed by atoms with Crippen molar-refractivity contribution < 1.29 is 14.6 Å². The van der Waals surface area contributed by atoms with Crippen LogP contribution in [0.25, 0.3) is 10.9 Å². The van der Waals surface area contributed by atoms with Gasteiger partial charge in [-0.2, -0.15) is 0 Å². The molecular weight excluding hydrogens is 378 g/mol. The van der Waals surface area contributed by atoms with E-state index in [0.29, 0.717) is 30.9 Å². The molecule has 5 atom stereocenters. The Morgan fingerprint density at radius 1 is 1.23 bits per heavy atom. The maximum absolute atomic E-state index is 13.0. The first-order valence-electron chi connectivity index (χ1n) is 11.6. The molecule has 6 rings (SSSR count). The van der Waals surface area contributed by atoms with Crippen molar-refractivity contribution in [3.05, 3.63) is 35.5 Å². The van der Waals surface area contributed by atoms with Crippen LogP contribution in [0.15, 0.2) is 24.3 Å². The van der Waals surface area contributed by atoms with E-state index in [-0.39, 0.29) is 17.8 Å². The molecule has 2 saturated heterocycles. The van der Waals surface area contributed by atoms with Gasteiger partial charge in [0.15, 0.2) is 0 Å². The number of para-hydroxylation sites is 1. The summed E-state index contributed by atoms with van der Waals surface area (Å²) < 4.78 is 5.70. The van der Waals surface area contributed by atoms with Crippen LogP contribution in [0.3, 0.4) is 0 Å². The molecule has 1 aliphatic carbocycles. The number of hydrogen-bond acceptors (Lipinski definition) is 5. The average molecular weight is 410 g/mol. The van der Waals surface area contributed by atoms with E-state index in [1.165, 1.54) is 22.2 Å². The van der Waals surface area contributed by atoms with E-state index in [4.69, 9.17) is 4.74 Å². The number of aromatic amines is 1. The Hall–Kier alpha value is -1.89. The molecule has 0 radical (unpaired) electrons. The second-order valence-corrected chi connectivity index (χ2v) is 9.81. The number of ether oxygens (including phenoxy) is 1. The highest BCUT2D eigenvalue weighted by Crippen LogP contribution is 2.49. The first-order valence-corrected chi connectivity index (χ1v) is 11.6. The van der Waals surface area contributed by atoms with Gasteiger partial charge in [0.05, 0.1) is 24.7 Å². The zero-order valence-corrected chi connectivity index (χ0v) is 17.3. The Labute approximate surface area is 177 Å². The number of hydrogen-bond donors (Lipinski definition) is 3. The molecule has 6 nitrogen and oxygen atoms in total. The lowest BCUT2D eigenvalue weighted by Crippen LogP contribution is -2.53. The molecule has 30 heavy (non-hydrogen) atoms. The molecule has 3 N–H and O–H groups in total. The first kappa shape index (κ1) is 18.8. The Bertz CT molecular complexity index is 952. The van der Waals surface area contributed by atoms with Gasteiger partial charge in [-0.15, -0.1) is 0 Å². The summed E-state index contributed by atoms with van der Waals surface area (Å²) in [6.45, 7) is 4.43. The number of aliphatic hydroxyl groups excluding tert-OH is 1. The standard InChI is InChI=1S/C24H31N3O3/c28-21-6-5-15-12-27-8-7-17-16-3-1-2-4-19(16)26-23(17)20(27)9-18(15)22(21)24(29)30-13-14-10-25-11-14/h1-4,14-15,18,20-22,25-26,28H,5-13H2/t15-,18-,20-,21-,22+/m0/s1. The highest BCUT2D eigenvalue weighted by atomic mass is 16.5. The van der Waals surface area contributed by atoms with Gasteiger partial charge < -0.3 is 20.1 Å². The molecule has 0 bridgehead atoms. The molecule has 3 fully saturated rings. The van der Waals surface area contributed by atoms with E-state index in [2.05, 4.69) is 39.5 Å². The van der Waals surface area contributed by atoms with E-state index in [0.717, 1.165) is 45.4 Å². The van der Waals surface area contributed by atoms with E-state index in [1.54, 1.807) is 0 Å². The van der Waals surface area contributed by atoms with Gasteiger partial charge in [0, 0.05) is 48.7 Å². The van der Waals surface area contributed by atoms with Crippen LogP contribution < -0.4 is 5.32 Å². The van der Waals surface area contributed by atoms with Gasteiger partial charge in [0.1, 0.15) is 0 Å². The van der Waals surface area contributed by atoms with Crippen LogP contribution in [0.4, 0.5) is 0 Å². The van der Waals surface area contributed by atoms with Crippen molar-refractivity contribution >= 4 is 16.9 Å². The Kier molecular flexibility index (Phi) is 4.62. The van der Waals surface area contributed by atoms with Crippen LogP contribution in [-0.4, -0.2) is 59.8 Å². The van der Waals surface area contributed by atoms with Crippen LogP contribution in [-0.2, 0) is 16.0 Å². The second-order valence-electron chi connectivity index (χ2n) is 9.81. The summed E-state index contributed by atoms with van der Waals surface area (Å²) in [4.78, 5) is 19.3. The number of aliphatic hydroxyl groups is 1. The molecule has 2 aromatic rings. The maximum Gasteiger partial charge on any atom is 0.311 e. The third-order valence-electron chi connectivity index (χ3n) is 8.15. The monoisotopic (exact) mass is 409 g/mol. The minimum atomic E-state index is -0.574. The molecule has 3 aliphatic heterocycles. The summed E-state index contributed by atoms with van der Waals surface area (Å²) in [5.74, 6) is 0.538. The van der Waals surface area contributed by atoms with Crippen LogP contribution in [0.5, 0.6) is 0 Å². The number of fused-ring (bicyclic) bond motifs is 6. The van der Waals surface area contributed by atoms with Crippen molar-refractivity contribution in [1.29, 1.82) is 0 Å². The van der Waals surface area contributed by atoms with Gasteiger partial charge in [-0.1, -0.05) is 18.2 Å². The quantitative estimate of drug-likeness (QED) is 0.678. The summed E-state index contributed by atoms with van der Waals surface area (Å²) in [7, 11) is 0. The molecule has 0 amide bonds. The summed E-state index contributed by atoms with van der Waals surface area (Å²) >= 11 is 0. The summed E-state index contributed by atoms with van der Waals surface area (Å²) in [5, 5.41) is 15.3. The topological polar surface area (TPSA) is 77.6 Å². The van der Waals surface area contributed by atoms with Crippen molar-refractivity contribution in [2.45, 2.75) is 37.8 Å². The zero-order valence-electron chi connectivity index (χ0n) is 17.3. The number of benzene rings is 1. The van der Waals surface area contributed by atoms with Crippen LogP contribution >= 0.6 is 0 Å². The number of esters is 1. The fraction of sp³-hybridized carbons (Fsp3) is 0.625. The third kappa shape index (κ3) is 3.00.